The number of carbonyl (C=O) groups excluding carboxylic acids is 1. The zero-order valence-electron chi connectivity index (χ0n) is 12.5. The van der Waals surface area contributed by atoms with Crippen molar-refractivity contribution in [2.45, 2.75) is 26.1 Å². The number of hydrogen-bond acceptors (Lipinski definition) is 3. The molecule has 110 valence electrons. The van der Waals surface area contributed by atoms with Crippen LogP contribution in [-0.2, 0) is 20.7 Å². The van der Waals surface area contributed by atoms with Crippen LogP contribution < -0.4 is 0 Å². The van der Waals surface area contributed by atoms with Crippen molar-refractivity contribution in [2.75, 3.05) is 13.2 Å². The fourth-order valence-electron chi connectivity index (χ4n) is 3.79. The Labute approximate surface area is 124 Å². The molecule has 0 aromatic heterocycles. The van der Waals surface area contributed by atoms with Gasteiger partial charge in [-0.3, -0.25) is 0 Å². The predicted molar refractivity (Wildman–Crippen MR) is 79.6 cm³/mol. The van der Waals surface area contributed by atoms with Crippen molar-refractivity contribution in [3.05, 3.63) is 41.5 Å². The zero-order valence-corrected chi connectivity index (χ0v) is 12.5. The molecular weight excluding hydrogens is 264 g/mol. The summed E-state index contributed by atoms with van der Waals surface area (Å²) in [5.41, 5.74) is 3.81. The van der Waals surface area contributed by atoms with Crippen LogP contribution in [0.5, 0.6) is 0 Å². The molecule has 2 atom stereocenters. The van der Waals surface area contributed by atoms with E-state index in [2.05, 4.69) is 44.2 Å². The summed E-state index contributed by atoms with van der Waals surface area (Å²) in [6.07, 6.45) is 4.00. The van der Waals surface area contributed by atoms with Crippen LogP contribution in [0.1, 0.15) is 25.0 Å². The Hall–Kier alpha value is -1.45. The Morgan fingerprint density at radius 3 is 2.62 bits per heavy atom. The van der Waals surface area contributed by atoms with Gasteiger partial charge in [0.05, 0.1) is 19.1 Å². The maximum Gasteiger partial charge on any atom is 0.198 e. The lowest BCUT2D eigenvalue weighted by Crippen LogP contribution is -2.51. The molecule has 0 unspecified atom stereocenters. The van der Waals surface area contributed by atoms with Crippen LogP contribution in [0, 0.1) is 17.3 Å². The van der Waals surface area contributed by atoms with E-state index in [0.29, 0.717) is 13.2 Å². The summed E-state index contributed by atoms with van der Waals surface area (Å²) in [6.45, 7) is 5.48. The van der Waals surface area contributed by atoms with Crippen molar-refractivity contribution in [2.24, 2.45) is 17.3 Å². The van der Waals surface area contributed by atoms with Crippen LogP contribution in [0.3, 0.4) is 0 Å². The average molecular weight is 284 g/mol. The minimum atomic E-state index is -0.842. The van der Waals surface area contributed by atoms with Gasteiger partial charge in [-0.1, -0.05) is 38.1 Å². The summed E-state index contributed by atoms with van der Waals surface area (Å²) in [7, 11) is 0. The third-order valence-corrected chi connectivity index (χ3v) is 4.95. The van der Waals surface area contributed by atoms with E-state index in [-0.39, 0.29) is 17.3 Å². The van der Waals surface area contributed by atoms with Gasteiger partial charge in [0, 0.05) is 11.3 Å². The van der Waals surface area contributed by atoms with Crippen LogP contribution in [0.4, 0.5) is 0 Å². The van der Waals surface area contributed by atoms with Crippen LogP contribution in [0.15, 0.2) is 30.3 Å². The standard InChI is InChI=1S/C18H20O3/c1-17(2)10-20-18(21-11-17)8-15-13-6-4-3-5-12(13)7-14(15)16(18)9-19/h3-6,8-9,14,16H,7,10-11H2,1-2H3/t14-,16+/m1/s1. The molecule has 1 spiro atoms. The second-order valence-electron chi connectivity index (χ2n) is 7.19. The van der Waals surface area contributed by atoms with Gasteiger partial charge in [-0.25, -0.2) is 0 Å². The maximum atomic E-state index is 11.7. The van der Waals surface area contributed by atoms with Crippen molar-refractivity contribution < 1.29 is 14.3 Å². The van der Waals surface area contributed by atoms with Crippen LogP contribution in [0.25, 0.3) is 5.57 Å². The van der Waals surface area contributed by atoms with Crippen LogP contribution >= 0.6 is 0 Å². The van der Waals surface area contributed by atoms with Gasteiger partial charge >= 0.3 is 0 Å². The van der Waals surface area contributed by atoms with Crippen molar-refractivity contribution in [1.29, 1.82) is 0 Å². The normalized spacial score (nSPS) is 31.6. The number of carbonyl (C=O) groups is 1. The summed E-state index contributed by atoms with van der Waals surface area (Å²) in [5.74, 6) is -0.887. The predicted octanol–water partition coefficient (Wildman–Crippen LogP) is 2.84. The first kappa shape index (κ1) is 13.2. The molecule has 1 saturated heterocycles. The number of fused-ring (bicyclic) bond motifs is 3. The highest BCUT2D eigenvalue weighted by molar-refractivity contribution is 5.82. The molecule has 1 heterocycles. The molecular formula is C18H20O3. The minimum absolute atomic E-state index is 0.00674. The van der Waals surface area contributed by atoms with Crippen LogP contribution in [-0.4, -0.2) is 25.3 Å². The Kier molecular flexibility index (Phi) is 2.69. The van der Waals surface area contributed by atoms with Gasteiger partial charge in [0.2, 0.25) is 0 Å². The molecule has 1 aliphatic heterocycles. The Balaban J connectivity index is 1.75. The molecule has 0 N–H and O–H groups in total. The molecule has 4 rings (SSSR count). The molecule has 1 aromatic rings. The minimum Gasteiger partial charge on any atom is -0.345 e. The number of allylic oxidation sites excluding steroid dienone is 1. The lowest BCUT2D eigenvalue weighted by molar-refractivity contribution is -0.288. The summed E-state index contributed by atoms with van der Waals surface area (Å²) >= 11 is 0. The number of ether oxygens (including phenoxy) is 2. The third-order valence-electron chi connectivity index (χ3n) is 4.95. The topological polar surface area (TPSA) is 35.5 Å². The Morgan fingerprint density at radius 1 is 1.19 bits per heavy atom. The van der Waals surface area contributed by atoms with E-state index in [0.717, 1.165) is 12.7 Å². The van der Waals surface area contributed by atoms with E-state index in [1.807, 2.05) is 0 Å². The van der Waals surface area contributed by atoms with E-state index in [1.165, 1.54) is 16.7 Å². The maximum absolute atomic E-state index is 11.7. The molecule has 3 nitrogen and oxygen atoms in total. The summed E-state index contributed by atoms with van der Waals surface area (Å²) in [6, 6.07) is 8.39. The van der Waals surface area contributed by atoms with Crippen molar-refractivity contribution in [3.8, 4) is 0 Å². The van der Waals surface area contributed by atoms with E-state index in [9.17, 15) is 4.79 Å². The van der Waals surface area contributed by atoms with Crippen molar-refractivity contribution in [3.63, 3.8) is 0 Å². The van der Waals surface area contributed by atoms with E-state index in [1.54, 1.807) is 0 Å². The lowest BCUT2D eigenvalue weighted by Gasteiger charge is -2.43. The molecule has 3 aliphatic rings. The summed E-state index contributed by atoms with van der Waals surface area (Å²) in [5, 5.41) is 0. The highest BCUT2D eigenvalue weighted by Gasteiger charge is 2.55. The van der Waals surface area contributed by atoms with Crippen molar-refractivity contribution >= 4 is 11.9 Å². The lowest BCUT2D eigenvalue weighted by atomic mass is 9.87. The number of hydrogen-bond donors (Lipinski definition) is 0. The van der Waals surface area contributed by atoms with Gasteiger partial charge < -0.3 is 14.3 Å². The smallest absolute Gasteiger partial charge is 0.198 e. The monoisotopic (exact) mass is 284 g/mol. The van der Waals surface area contributed by atoms with Crippen LogP contribution in [0.2, 0.25) is 0 Å². The molecule has 0 saturated carbocycles. The van der Waals surface area contributed by atoms with Gasteiger partial charge in [0.25, 0.3) is 0 Å². The van der Waals surface area contributed by atoms with E-state index in [4.69, 9.17) is 9.47 Å². The van der Waals surface area contributed by atoms with Gasteiger partial charge in [-0.2, -0.15) is 0 Å². The third kappa shape index (κ3) is 1.84. The highest BCUT2D eigenvalue weighted by atomic mass is 16.7. The quantitative estimate of drug-likeness (QED) is 0.744. The van der Waals surface area contributed by atoms with Gasteiger partial charge in [0.15, 0.2) is 5.79 Å². The van der Waals surface area contributed by atoms with Gasteiger partial charge in [-0.05, 0) is 29.2 Å². The molecule has 21 heavy (non-hydrogen) atoms. The van der Waals surface area contributed by atoms with Crippen molar-refractivity contribution in [1.82, 2.24) is 0 Å². The second kappa shape index (κ2) is 4.28. The summed E-state index contributed by atoms with van der Waals surface area (Å²) in [4.78, 5) is 11.7. The Bertz CT molecular complexity index is 619. The largest absolute Gasteiger partial charge is 0.345 e. The highest BCUT2D eigenvalue weighted by Crippen LogP contribution is 2.53. The fourth-order valence-corrected chi connectivity index (χ4v) is 3.79. The average Bonchev–Trinajstić information content (AvgIpc) is 2.95. The summed E-state index contributed by atoms with van der Waals surface area (Å²) < 4.78 is 12.1. The molecule has 2 aliphatic carbocycles. The Morgan fingerprint density at radius 2 is 1.90 bits per heavy atom. The SMILES string of the molecule is CC1(C)COC2(C=C3c4ccccc4C[C@H]3[C@@H]2C=O)OC1. The van der Waals surface area contributed by atoms with Gasteiger partial charge in [0.1, 0.15) is 6.29 Å². The first-order chi connectivity index (χ1) is 10.0. The van der Waals surface area contributed by atoms with Gasteiger partial charge in [-0.15, -0.1) is 0 Å². The molecule has 0 bridgehead atoms. The fraction of sp³-hybridized carbons (Fsp3) is 0.500. The zero-order chi connectivity index (χ0) is 14.7. The molecule has 0 radical (unpaired) electrons. The first-order valence-corrected chi connectivity index (χ1v) is 7.59. The van der Waals surface area contributed by atoms with E-state index < -0.39 is 5.79 Å². The molecule has 1 fully saturated rings. The number of aldehydes is 1. The first-order valence-electron chi connectivity index (χ1n) is 7.59. The molecule has 3 heteroatoms. The molecule has 1 aromatic carbocycles. The number of rotatable bonds is 1. The van der Waals surface area contributed by atoms with E-state index >= 15 is 0 Å². The number of benzene rings is 1. The molecule has 0 amide bonds. The second-order valence-corrected chi connectivity index (χ2v) is 7.19.